The molecule has 0 fully saturated rings. The van der Waals surface area contributed by atoms with Gasteiger partial charge in [0.1, 0.15) is 0 Å². The number of aromatic nitrogens is 1. The highest BCUT2D eigenvalue weighted by atomic mass is 32.2. The zero-order valence-corrected chi connectivity index (χ0v) is 14.2. The van der Waals surface area contributed by atoms with E-state index in [1.165, 1.54) is 10.6 Å². The van der Waals surface area contributed by atoms with Gasteiger partial charge in [-0.3, -0.25) is 9.29 Å². The number of nitrogens with one attached hydrogen (secondary N) is 1. The van der Waals surface area contributed by atoms with Gasteiger partial charge < -0.3 is 4.42 Å². The van der Waals surface area contributed by atoms with Crippen molar-refractivity contribution < 1.29 is 12.8 Å². The molecule has 0 spiro atoms. The summed E-state index contributed by atoms with van der Waals surface area (Å²) in [7, 11) is -1.93. The van der Waals surface area contributed by atoms with Crippen LogP contribution >= 0.6 is 0 Å². The fourth-order valence-corrected chi connectivity index (χ4v) is 4.05. The second kappa shape index (κ2) is 6.16. The van der Waals surface area contributed by atoms with Crippen LogP contribution in [0.2, 0.25) is 0 Å². The third-order valence-corrected chi connectivity index (χ3v) is 5.39. The van der Waals surface area contributed by atoms with Crippen molar-refractivity contribution in [2.45, 2.75) is 12.8 Å². The van der Waals surface area contributed by atoms with E-state index in [4.69, 9.17) is 4.42 Å². The fourth-order valence-electron chi connectivity index (χ4n) is 2.63. The van der Waals surface area contributed by atoms with Gasteiger partial charge in [0, 0.05) is 13.1 Å². The molecule has 0 aliphatic heterocycles. The van der Waals surface area contributed by atoms with E-state index in [1.54, 1.807) is 19.2 Å². The highest BCUT2D eigenvalue weighted by Crippen LogP contribution is 2.21. The Hall–Kier alpha value is -2.54. The van der Waals surface area contributed by atoms with E-state index < -0.39 is 15.8 Å². The summed E-state index contributed by atoms with van der Waals surface area (Å²) in [4.78, 5) is 11.5. The number of rotatable bonds is 5. The predicted octanol–water partition coefficient (Wildman–Crippen LogP) is 2.68. The van der Waals surface area contributed by atoms with Crippen LogP contribution in [0.25, 0.3) is 11.1 Å². The van der Waals surface area contributed by atoms with Gasteiger partial charge in [-0.05, 0) is 23.6 Å². The van der Waals surface area contributed by atoms with Gasteiger partial charge in [-0.2, -0.15) is 0 Å². The molecule has 1 atom stereocenters. The number of aryl methyl sites for hydroxylation is 1. The molecule has 0 radical (unpaired) electrons. The van der Waals surface area contributed by atoms with E-state index in [2.05, 4.69) is 4.72 Å². The summed E-state index contributed by atoms with van der Waals surface area (Å²) in [5.74, 6) is -0.654. The molecule has 0 unspecified atom stereocenters. The molecule has 0 saturated heterocycles. The first-order chi connectivity index (χ1) is 11.4. The molecule has 0 aliphatic rings. The van der Waals surface area contributed by atoms with Crippen molar-refractivity contribution in [3.63, 3.8) is 0 Å². The molecule has 1 N–H and O–H groups in total. The van der Waals surface area contributed by atoms with Crippen LogP contribution in [0.15, 0.2) is 57.7 Å². The average molecular weight is 346 g/mol. The van der Waals surface area contributed by atoms with Crippen LogP contribution in [-0.2, 0) is 17.1 Å². The molecular formula is C17H18N2O4S. The molecule has 126 valence electrons. The van der Waals surface area contributed by atoms with Gasteiger partial charge in [-0.1, -0.05) is 37.3 Å². The van der Waals surface area contributed by atoms with Gasteiger partial charge in [0.15, 0.2) is 5.58 Å². The number of oxazole rings is 1. The third-order valence-electron chi connectivity index (χ3n) is 3.90. The maximum absolute atomic E-state index is 12.4. The van der Waals surface area contributed by atoms with Crippen LogP contribution in [0.5, 0.6) is 0 Å². The van der Waals surface area contributed by atoms with Crippen molar-refractivity contribution in [1.82, 2.24) is 4.57 Å². The summed E-state index contributed by atoms with van der Waals surface area (Å²) < 4.78 is 33.8. The van der Waals surface area contributed by atoms with Gasteiger partial charge in [-0.15, -0.1) is 0 Å². The van der Waals surface area contributed by atoms with Crippen molar-refractivity contribution in [3.05, 3.63) is 64.6 Å². The minimum Gasteiger partial charge on any atom is -0.408 e. The summed E-state index contributed by atoms with van der Waals surface area (Å²) in [6, 6.07) is 14.3. The lowest BCUT2D eigenvalue weighted by Crippen LogP contribution is -2.20. The molecule has 2 aromatic carbocycles. The molecule has 0 bridgehead atoms. The summed E-state index contributed by atoms with van der Waals surface area (Å²) in [6.45, 7) is 1.87. The standard InChI is InChI=1S/C17H18N2O4S/c1-12(13-6-4-3-5-7-13)11-24(21,22)18-14-8-9-15-16(10-14)23-17(20)19(15)2/h3-10,12,18H,11H2,1-2H3/t12-/m0/s1. The number of hydrogen-bond acceptors (Lipinski definition) is 4. The highest BCUT2D eigenvalue weighted by Gasteiger charge is 2.18. The lowest BCUT2D eigenvalue weighted by atomic mass is 10.0. The molecule has 24 heavy (non-hydrogen) atoms. The Morgan fingerprint density at radius 1 is 1.17 bits per heavy atom. The number of nitrogens with zero attached hydrogens (tertiary/aromatic N) is 1. The van der Waals surface area contributed by atoms with E-state index in [-0.39, 0.29) is 11.7 Å². The maximum atomic E-state index is 12.4. The van der Waals surface area contributed by atoms with Crippen LogP contribution in [0.1, 0.15) is 18.4 Å². The van der Waals surface area contributed by atoms with Crippen molar-refractivity contribution >= 4 is 26.8 Å². The molecule has 3 rings (SSSR count). The van der Waals surface area contributed by atoms with Crippen molar-refractivity contribution in [1.29, 1.82) is 0 Å². The molecule has 0 saturated carbocycles. The highest BCUT2D eigenvalue weighted by molar-refractivity contribution is 7.92. The Morgan fingerprint density at radius 2 is 1.88 bits per heavy atom. The molecule has 7 heteroatoms. The Bertz CT molecular complexity index is 1020. The molecule has 0 amide bonds. The van der Waals surface area contributed by atoms with Crippen LogP contribution in [-0.4, -0.2) is 18.7 Å². The van der Waals surface area contributed by atoms with E-state index >= 15 is 0 Å². The van der Waals surface area contributed by atoms with Gasteiger partial charge in [0.05, 0.1) is 17.0 Å². The van der Waals surface area contributed by atoms with E-state index in [9.17, 15) is 13.2 Å². The Labute approximate surface area is 139 Å². The second-order valence-electron chi connectivity index (χ2n) is 5.80. The minimum atomic E-state index is -3.53. The van der Waals surface area contributed by atoms with Crippen molar-refractivity contribution in [2.75, 3.05) is 10.5 Å². The first-order valence-electron chi connectivity index (χ1n) is 7.51. The number of anilines is 1. The molecule has 0 aliphatic carbocycles. The zero-order chi connectivity index (χ0) is 17.3. The topological polar surface area (TPSA) is 81.3 Å². The van der Waals surface area contributed by atoms with Gasteiger partial charge in [-0.25, -0.2) is 13.2 Å². The number of fused-ring (bicyclic) bond motifs is 1. The molecule has 3 aromatic rings. The monoisotopic (exact) mass is 346 g/mol. The quantitative estimate of drug-likeness (QED) is 0.770. The van der Waals surface area contributed by atoms with Gasteiger partial charge >= 0.3 is 5.76 Å². The number of hydrogen-bond donors (Lipinski definition) is 1. The fraction of sp³-hybridized carbons (Fsp3) is 0.235. The van der Waals surface area contributed by atoms with Crippen molar-refractivity contribution in [3.8, 4) is 0 Å². The minimum absolute atomic E-state index is 0.0339. The van der Waals surface area contributed by atoms with Crippen LogP contribution in [0.3, 0.4) is 0 Å². The lowest BCUT2D eigenvalue weighted by Gasteiger charge is -2.13. The zero-order valence-electron chi connectivity index (χ0n) is 13.4. The summed E-state index contributed by atoms with van der Waals surface area (Å²) >= 11 is 0. The summed E-state index contributed by atoms with van der Waals surface area (Å²) in [6.07, 6.45) is 0. The Morgan fingerprint density at radius 3 is 2.58 bits per heavy atom. The first kappa shape index (κ1) is 16.3. The number of sulfonamides is 1. The number of benzene rings is 2. The second-order valence-corrected chi connectivity index (χ2v) is 7.57. The normalized spacial score (nSPS) is 13.1. The van der Waals surface area contributed by atoms with Crippen LogP contribution in [0, 0.1) is 0 Å². The lowest BCUT2D eigenvalue weighted by molar-refractivity contribution is 0.528. The Balaban J connectivity index is 1.80. The predicted molar refractivity (Wildman–Crippen MR) is 93.7 cm³/mol. The molecule has 6 nitrogen and oxygen atoms in total. The van der Waals surface area contributed by atoms with Crippen LogP contribution in [0.4, 0.5) is 5.69 Å². The average Bonchev–Trinajstić information content (AvgIpc) is 2.81. The van der Waals surface area contributed by atoms with Gasteiger partial charge in [0.2, 0.25) is 10.0 Å². The van der Waals surface area contributed by atoms with Crippen LogP contribution < -0.4 is 10.5 Å². The smallest absolute Gasteiger partial charge is 0.408 e. The largest absolute Gasteiger partial charge is 0.419 e. The molecule has 1 heterocycles. The summed E-state index contributed by atoms with van der Waals surface area (Å²) in [5.41, 5.74) is 2.30. The maximum Gasteiger partial charge on any atom is 0.419 e. The van der Waals surface area contributed by atoms with Gasteiger partial charge in [0.25, 0.3) is 0 Å². The molecule has 1 aromatic heterocycles. The van der Waals surface area contributed by atoms with E-state index in [0.29, 0.717) is 16.8 Å². The van der Waals surface area contributed by atoms with E-state index in [0.717, 1.165) is 5.56 Å². The van der Waals surface area contributed by atoms with E-state index in [1.807, 2.05) is 37.3 Å². The SMILES string of the molecule is C[C@@H](CS(=O)(=O)Nc1ccc2c(c1)oc(=O)n2C)c1ccccc1. The third kappa shape index (κ3) is 3.35. The molecular weight excluding hydrogens is 328 g/mol. The summed E-state index contributed by atoms with van der Waals surface area (Å²) in [5, 5.41) is 0. The first-order valence-corrected chi connectivity index (χ1v) is 9.16. The Kier molecular flexibility index (Phi) is 4.19. The van der Waals surface area contributed by atoms with Crippen molar-refractivity contribution in [2.24, 2.45) is 7.05 Å².